The molecule has 0 atom stereocenters. The molecule has 1 rings (SSSR count). The number of rotatable bonds is 5. The third-order valence-corrected chi connectivity index (χ3v) is 2.74. The summed E-state index contributed by atoms with van der Waals surface area (Å²) in [5, 5.41) is 12.4. The number of likely N-dealkylation sites (N-methyl/N-ethyl adjacent to an activating group) is 2. The molecule has 0 aliphatic rings. The summed E-state index contributed by atoms with van der Waals surface area (Å²) >= 11 is 5.89. The first-order chi connectivity index (χ1) is 8.47. The van der Waals surface area contributed by atoms with Crippen molar-refractivity contribution >= 4 is 17.5 Å². The smallest absolute Gasteiger partial charge is 0.233 e. The topological polar surface area (TPSA) is 61.8 Å². The molecule has 5 nitrogen and oxygen atoms in total. The Morgan fingerprint density at radius 2 is 2.22 bits per heavy atom. The van der Waals surface area contributed by atoms with Gasteiger partial charge >= 0.3 is 0 Å². The predicted molar refractivity (Wildman–Crippen MR) is 70.1 cm³/mol. The number of aromatic hydroxyl groups is 1. The van der Waals surface area contributed by atoms with Crippen LogP contribution in [-0.4, -0.2) is 43.7 Å². The molecular formula is C12H17ClN2O3. The van der Waals surface area contributed by atoms with Gasteiger partial charge < -0.3 is 15.2 Å². The van der Waals surface area contributed by atoms with Gasteiger partial charge in [0.25, 0.3) is 0 Å². The first kappa shape index (κ1) is 14.6. The predicted octanol–water partition coefficient (Wildman–Crippen LogP) is 1.23. The molecule has 0 aliphatic carbocycles. The Morgan fingerprint density at radius 1 is 1.56 bits per heavy atom. The van der Waals surface area contributed by atoms with Gasteiger partial charge in [-0.1, -0.05) is 11.6 Å². The van der Waals surface area contributed by atoms with Crippen LogP contribution in [0.4, 0.5) is 0 Å². The monoisotopic (exact) mass is 272 g/mol. The molecule has 18 heavy (non-hydrogen) atoms. The summed E-state index contributed by atoms with van der Waals surface area (Å²) in [5.41, 5.74) is 0.862. The molecule has 0 unspecified atom stereocenters. The molecule has 2 N–H and O–H groups in total. The standard InChI is InChI=1S/C12H17ClN2O3/c1-14-11(16)7-15(2)6-8-4-9(13)12(17)10(5-8)18-3/h4-5,17H,6-7H2,1-3H3,(H,14,16). The molecule has 0 radical (unpaired) electrons. The third kappa shape index (κ3) is 3.78. The summed E-state index contributed by atoms with van der Waals surface area (Å²) in [4.78, 5) is 13.0. The van der Waals surface area contributed by atoms with Crippen LogP contribution < -0.4 is 10.1 Å². The van der Waals surface area contributed by atoms with Crippen molar-refractivity contribution in [1.29, 1.82) is 0 Å². The third-order valence-electron chi connectivity index (χ3n) is 2.45. The quantitative estimate of drug-likeness (QED) is 0.846. The van der Waals surface area contributed by atoms with Crippen LogP contribution in [-0.2, 0) is 11.3 Å². The number of hydrogen-bond acceptors (Lipinski definition) is 4. The number of methoxy groups -OCH3 is 1. The molecule has 0 aromatic heterocycles. The molecule has 0 bridgehead atoms. The second-order valence-corrected chi connectivity index (χ2v) is 4.38. The summed E-state index contributed by atoms with van der Waals surface area (Å²) in [5.74, 6) is 0.192. The van der Waals surface area contributed by atoms with Crippen LogP contribution in [0.1, 0.15) is 5.56 Å². The van der Waals surface area contributed by atoms with Crippen molar-refractivity contribution in [3.63, 3.8) is 0 Å². The van der Waals surface area contributed by atoms with Crippen molar-refractivity contribution in [2.24, 2.45) is 0 Å². The number of carbonyl (C=O) groups is 1. The van der Waals surface area contributed by atoms with E-state index in [2.05, 4.69) is 5.32 Å². The van der Waals surface area contributed by atoms with E-state index < -0.39 is 0 Å². The number of hydrogen-bond donors (Lipinski definition) is 2. The van der Waals surface area contributed by atoms with Crippen LogP contribution in [0.3, 0.4) is 0 Å². The van der Waals surface area contributed by atoms with Crippen LogP contribution in [0.5, 0.6) is 11.5 Å². The minimum atomic E-state index is -0.0723. The number of phenolic OH excluding ortho intramolecular Hbond substituents is 1. The maximum atomic E-state index is 11.2. The van der Waals surface area contributed by atoms with Crippen LogP contribution >= 0.6 is 11.6 Å². The van der Waals surface area contributed by atoms with Gasteiger partial charge in [-0.3, -0.25) is 9.69 Å². The Bertz CT molecular complexity index is 438. The Kier molecular flexibility index (Phi) is 5.25. The fourth-order valence-corrected chi connectivity index (χ4v) is 1.80. The van der Waals surface area contributed by atoms with Gasteiger partial charge in [-0.2, -0.15) is 0 Å². The molecule has 100 valence electrons. The van der Waals surface area contributed by atoms with Crippen LogP contribution in [0.2, 0.25) is 5.02 Å². The number of nitrogens with one attached hydrogen (secondary N) is 1. The molecule has 0 fully saturated rings. The van der Waals surface area contributed by atoms with Crippen LogP contribution in [0, 0.1) is 0 Å². The molecule has 1 aromatic carbocycles. The van der Waals surface area contributed by atoms with E-state index in [0.29, 0.717) is 12.3 Å². The first-order valence-electron chi connectivity index (χ1n) is 5.42. The van der Waals surface area contributed by atoms with E-state index in [1.165, 1.54) is 7.11 Å². The summed E-state index contributed by atoms with van der Waals surface area (Å²) in [6.45, 7) is 0.821. The Labute approximate surface area is 111 Å². The van der Waals surface area contributed by atoms with E-state index in [-0.39, 0.29) is 23.2 Å². The molecule has 0 aliphatic heterocycles. The van der Waals surface area contributed by atoms with Gasteiger partial charge in [-0.25, -0.2) is 0 Å². The zero-order chi connectivity index (χ0) is 13.7. The van der Waals surface area contributed by atoms with Crippen molar-refractivity contribution in [2.75, 3.05) is 27.7 Å². The van der Waals surface area contributed by atoms with Gasteiger partial charge in [0, 0.05) is 13.6 Å². The average molecular weight is 273 g/mol. The molecular weight excluding hydrogens is 256 g/mol. The molecule has 0 heterocycles. The molecule has 6 heteroatoms. The molecule has 1 aromatic rings. The summed E-state index contributed by atoms with van der Waals surface area (Å²) in [6, 6.07) is 3.35. The highest BCUT2D eigenvalue weighted by Gasteiger charge is 2.11. The van der Waals surface area contributed by atoms with Gasteiger partial charge in [0.1, 0.15) is 0 Å². The number of phenols is 1. The molecule has 1 amide bonds. The van der Waals surface area contributed by atoms with Gasteiger partial charge in [0.2, 0.25) is 5.91 Å². The summed E-state index contributed by atoms with van der Waals surface area (Å²) in [7, 11) is 4.88. The van der Waals surface area contributed by atoms with E-state index >= 15 is 0 Å². The summed E-state index contributed by atoms with van der Waals surface area (Å²) < 4.78 is 5.02. The molecule has 0 saturated heterocycles. The Hall–Kier alpha value is -1.46. The zero-order valence-electron chi connectivity index (χ0n) is 10.7. The fourth-order valence-electron chi connectivity index (χ4n) is 1.57. The maximum Gasteiger partial charge on any atom is 0.233 e. The average Bonchev–Trinajstić information content (AvgIpc) is 2.33. The van der Waals surface area contributed by atoms with Crippen molar-refractivity contribution in [3.8, 4) is 11.5 Å². The van der Waals surface area contributed by atoms with Gasteiger partial charge in [-0.15, -0.1) is 0 Å². The molecule has 0 saturated carbocycles. The van der Waals surface area contributed by atoms with Crippen molar-refractivity contribution in [1.82, 2.24) is 10.2 Å². The second-order valence-electron chi connectivity index (χ2n) is 3.97. The van der Waals surface area contributed by atoms with Crippen LogP contribution in [0.15, 0.2) is 12.1 Å². The SMILES string of the molecule is CNC(=O)CN(C)Cc1cc(Cl)c(O)c(OC)c1. The molecule has 0 spiro atoms. The fraction of sp³-hybridized carbons (Fsp3) is 0.417. The first-order valence-corrected chi connectivity index (χ1v) is 5.80. The number of benzene rings is 1. The number of carbonyl (C=O) groups excluding carboxylic acids is 1. The normalized spacial score (nSPS) is 10.5. The lowest BCUT2D eigenvalue weighted by Gasteiger charge is -2.16. The Morgan fingerprint density at radius 3 is 2.78 bits per heavy atom. The maximum absolute atomic E-state index is 11.2. The van der Waals surface area contributed by atoms with Gasteiger partial charge in [0.15, 0.2) is 11.5 Å². The van der Waals surface area contributed by atoms with Gasteiger partial charge in [0.05, 0.1) is 18.7 Å². The largest absolute Gasteiger partial charge is 0.503 e. The lowest BCUT2D eigenvalue weighted by Crippen LogP contribution is -2.32. The van der Waals surface area contributed by atoms with E-state index in [1.54, 1.807) is 19.2 Å². The van der Waals surface area contributed by atoms with Crippen molar-refractivity contribution in [2.45, 2.75) is 6.54 Å². The van der Waals surface area contributed by atoms with Crippen molar-refractivity contribution in [3.05, 3.63) is 22.7 Å². The number of amides is 1. The number of halogens is 1. The highest BCUT2D eigenvalue weighted by atomic mass is 35.5. The summed E-state index contributed by atoms with van der Waals surface area (Å²) in [6.07, 6.45) is 0. The minimum absolute atomic E-state index is 0.0608. The highest BCUT2D eigenvalue weighted by molar-refractivity contribution is 6.32. The van der Waals surface area contributed by atoms with E-state index in [9.17, 15) is 9.90 Å². The van der Waals surface area contributed by atoms with E-state index in [1.807, 2.05) is 11.9 Å². The highest BCUT2D eigenvalue weighted by Crippen LogP contribution is 2.35. The Balaban J connectivity index is 2.78. The minimum Gasteiger partial charge on any atom is -0.503 e. The zero-order valence-corrected chi connectivity index (χ0v) is 11.4. The van der Waals surface area contributed by atoms with E-state index in [0.717, 1.165) is 5.56 Å². The lowest BCUT2D eigenvalue weighted by atomic mass is 10.2. The second kappa shape index (κ2) is 6.47. The van der Waals surface area contributed by atoms with Gasteiger partial charge in [-0.05, 0) is 24.7 Å². The van der Waals surface area contributed by atoms with Crippen LogP contribution in [0.25, 0.3) is 0 Å². The number of ether oxygens (including phenoxy) is 1. The van der Waals surface area contributed by atoms with Crippen molar-refractivity contribution < 1.29 is 14.6 Å². The number of nitrogens with zero attached hydrogens (tertiary/aromatic N) is 1. The van der Waals surface area contributed by atoms with E-state index in [4.69, 9.17) is 16.3 Å². The lowest BCUT2D eigenvalue weighted by molar-refractivity contribution is -0.121.